The number of hydrogen-bond acceptors (Lipinski definition) is 5. The second-order valence-electron chi connectivity index (χ2n) is 6.85. The summed E-state index contributed by atoms with van der Waals surface area (Å²) in [5.41, 5.74) is 1.84. The Morgan fingerprint density at radius 2 is 2.15 bits per heavy atom. The predicted octanol–water partition coefficient (Wildman–Crippen LogP) is 2.27. The van der Waals surface area contributed by atoms with Crippen LogP contribution in [0.2, 0.25) is 0 Å². The van der Waals surface area contributed by atoms with E-state index < -0.39 is 0 Å². The molecule has 1 saturated heterocycles. The summed E-state index contributed by atoms with van der Waals surface area (Å²) in [7, 11) is 0. The third kappa shape index (κ3) is 3.56. The third-order valence-corrected chi connectivity index (χ3v) is 4.83. The molecule has 140 valence electrons. The van der Waals surface area contributed by atoms with Crippen LogP contribution in [-0.4, -0.2) is 46.0 Å². The van der Waals surface area contributed by atoms with Crippen LogP contribution >= 0.6 is 0 Å². The van der Waals surface area contributed by atoms with Crippen molar-refractivity contribution in [3.8, 4) is 0 Å². The lowest BCUT2D eigenvalue weighted by Gasteiger charge is -2.38. The fourth-order valence-electron chi connectivity index (χ4n) is 3.24. The van der Waals surface area contributed by atoms with Gasteiger partial charge in [0.25, 0.3) is 0 Å². The van der Waals surface area contributed by atoms with Crippen molar-refractivity contribution in [3.63, 3.8) is 0 Å². The molecule has 0 unspecified atom stereocenters. The van der Waals surface area contributed by atoms with Gasteiger partial charge in [-0.25, -0.2) is 9.78 Å². The Kier molecular flexibility index (Phi) is 4.64. The molecule has 0 spiro atoms. The normalized spacial score (nSPS) is 15.4. The number of carbonyl (C=O) groups excluding carboxylic acids is 1. The Labute approximate surface area is 156 Å². The van der Waals surface area contributed by atoms with Gasteiger partial charge in [-0.1, -0.05) is 30.3 Å². The van der Waals surface area contributed by atoms with Crippen LogP contribution in [0.5, 0.6) is 0 Å². The fraction of sp³-hybridized carbons (Fsp3) is 0.316. The highest BCUT2D eigenvalue weighted by Crippen LogP contribution is 2.29. The van der Waals surface area contributed by atoms with Gasteiger partial charge in [-0.3, -0.25) is 10.4 Å². The molecule has 2 amide bonds. The van der Waals surface area contributed by atoms with Gasteiger partial charge in [0, 0.05) is 37.9 Å². The minimum Gasteiger partial charge on any atom is -0.396 e. The number of urea groups is 1. The maximum atomic E-state index is 12.3. The van der Waals surface area contributed by atoms with Crippen molar-refractivity contribution in [2.45, 2.75) is 13.0 Å². The molecule has 3 heterocycles. The summed E-state index contributed by atoms with van der Waals surface area (Å²) in [6.45, 7) is 3.70. The zero-order valence-corrected chi connectivity index (χ0v) is 15.0. The molecule has 8 nitrogen and oxygen atoms in total. The number of hydrogen-bond donors (Lipinski definition) is 4. The molecule has 1 aliphatic rings. The molecule has 4 N–H and O–H groups in total. The van der Waals surface area contributed by atoms with E-state index in [1.54, 1.807) is 12.3 Å². The first-order valence-corrected chi connectivity index (χ1v) is 8.96. The zero-order valence-electron chi connectivity index (χ0n) is 15.0. The summed E-state index contributed by atoms with van der Waals surface area (Å²) in [4.78, 5) is 18.7. The second kappa shape index (κ2) is 7.24. The maximum absolute atomic E-state index is 12.3. The highest BCUT2D eigenvalue weighted by molar-refractivity contribution is 5.94. The van der Waals surface area contributed by atoms with Gasteiger partial charge in [0.2, 0.25) is 0 Å². The quantitative estimate of drug-likeness (QED) is 0.554. The van der Waals surface area contributed by atoms with Crippen molar-refractivity contribution >= 4 is 28.6 Å². The standard InChI is InChI=1S/C19H22N6O2/c1-12(14-5-3-2-4-6-14)21-19(27)22-17-7-16-15(8-20-17)18(24-23-16)25-9-13(10-25)11-26/h2-8,12-13,26H,9-11H2,1H3,(H,23,24)(H2,20,21,22,27)/t12-/m1/s1. The van der Waals surface area contributed by atoms with Crippen molar-refractivity contribution in [1.29, 1.82) is 0 Å². The van der Waals surface area contributed by atoms with Crippen LogP contribution in [0.3, 0.4) is 0 Å². The average molecular weight is 366 g/mol. The molecule has 27 heavy (non-hydrogen) atoms. The minimum atomic E-state index is -0.313. The van der Waals surface area contributed by atoms with Crippen molar-refractivity contribution in [1.82, 2.24) is 20.5 Å². The number of nitrogens with one attached hydrogen (secondary N) is 3. The number of H-pyrrole nitrogens is 1. The van der Waals surface area contributed by atoms with Crippen molar-refractivity contribution in [2.24, 2.45) is 5.92 Å². The molecule has 0 radical (unpaired) electrons. The highest BCUT2D eigenvalue weighted by atomic mass is 16.3. The van der Waals surface area contributed by atoms with E-state index in [2.05, 4.69) is 30.7 Å². The van der Waals surface area contributed by atoms with E-state index in [9.17, 15) is 4.79 Å². The van der Waals surface area contributed by atoms with Crippen LogP contribution in [0.1, 0.15) is 18.5 Å². The number of aliphatic hydroxyl groups excluding tert-OH is 1. The van der Waals surface area contributed by atoms with Gasteiger partial charge in [0.15, 0.2) is 5.82 Å². The summed E-state index contributed by atoms with van der Waals surface area (Å²) >= 11 is 0. The number of pyridine rings is 1. The SMILES string of the molecule is C[C@@H](NC(=O)Nc1cc2[nH]nc(N3CC(CO)C3)c2cn1)c1ccccc1. The minimum absolute atomic E-state index is 0.112. The zero-order chi connectivity index (χ0) is 18.8. The summed E-state index contributed by atoms with van der Waals surface area (Å²) in [5, 5.41) is 23.0. The van der Waals surface area contributed by atoms with E-state index in [0.29, 0.717) is 11.7 Å². The predicted molar refractivity (Wildman–Crippen MR) is 104 cm³/mol. The van der Waals surface area contributed by atoms with Gasteiger partial charge < -0.3 is 15.3 Å². The molecular formula is C19H22N6O2. The van der Waals surface area contributed by atoms with Crippen molar-refractivity contribution in [3.05, 3.63) is 48.2 Å². The van der Waals surface area contributed by atoms with E-state index in [4.69, 9.17) is 5.11 Å². The van der Waals surface area contributed by atoms with Crippen LogP contribution in [0.25, 0.3) is 10.9 Å². The summed E-state index contributed by atoms with van der Waals surface area (Å²) in [6.07, 6.45) is 1.71. The molecule has 2 aromatic heterocycles. The number of benzene rings is 1. The summed E-state index contributed by atoms with van der Waals surface area (Å²) in [6, 6.07) is 11.1. The molecule has 0 aliphatic carbocycles. The van der Waals surface area contributed by atoms with E-state index in [1.807, 2.05) is 37.3 Å². The highest BCUT2D eigenvalue weighted by Gasteiger charge is 2.29. The van der Waals surface area contributed by atoms with Crippen LogP contribution in [0, 0.1) is 5.92 Å². The number of aromatic amines is 1. The second-order valence-corrected chi connectivity index (χ2v) is 6.85. The van der Waals surface area contributed by atoms with Crippen LogP contribution in [0.4, 0.5) is 16.4 Å². The Morgan fingerprint density at radius 3 is 2.89 bits per heavy atom. The van der Waals surface area contributed by atoms with Gasteiger partial charge in [-0.05, 0) is 12.5 Å². The topological polar surface area (TPSA) is 106 Å². The van der Waals surface area contributed by atoms with Gasteiger partial charge >= 0.3 is 6.03 Å². The van der Waals surface area contributed by atoms with Gasteiger partial charge in [-0.2, -0.15) is 5.10 Å². The Bertz CT molecular complexity index is 936. The Hall–Kier alpha value is -3.13. The number of anilines is 2. The number of nitrogens with zero attached hydrogens (tertiary/aromatic N) is 3. The van der Waals surface area contributed by atoms with E-state index >= 15 is 0 Å². The lowest BCUT2D eigenvalue weighted by Crippen LogP contribution is -2.48. The first-order valence-electron chi connectivity index (χ1n) is 8.96. The fourth-order valence-corrected chi connectivity index (χ4v) is 3.24. The Morgan fingerprint density at radius 1 is 1.37 bits per heavy atom. The number of amides is 2. The number of carbonyl (C=O) groups is 1. The summed E-state index contributed by atoms with van der Waals surface area (Å²) in [5.74, 6) is 1.59. The number of aromatic nitrogens is 3. The van der Waals surface area contributed by atoms with Gasteiger partial charge in [0.05, 0.1) is 16.9 Å². The molecule has 1 aliphatic heterocycles. The molecule has 0 bridgehead atoms. The van der Waals surface area contributed by atoms with Crippen LogP contribution in [-0.2, 0) is 0 Å². The van der Waals surface area contributed by atoms with E-state index in [0.717, 1.165) is 35.4 Å². The molecule has 1 atom stereocenters. The number of rotatable bonds is 5. The molecule has 1 fully saturated rings. The number of fused-ring (bicyclic) bond motifs is 1. The maximum Gasteiger partial charge on any atom is 0.320 e. The summed E-state index contributed by atoms with van der Waals surface area (Å²) < 4.78 is 0. The molecule has 4 rings (SSSR count). The van der Waals surface area contributed by atoms with Crippen molar-refractivity contribution in [2.75, 3.05) is 29.9 Å². The third-order valence-electron chi connectivity index (χ3n) is 4.83. The lowest BCUT2D eigenvalue weighted by molar-refractivity contribution is 0.200. The van der Waals surface area contributed by atoms with Crippen LogP contribution in [0.15, 0.2) is 42.6 Å². The van der Waals surface area contributed by atoms with Gasteiger partial charge in [-0.15, -0.1) is 0 Å². The molecule has 1 aromatic carbocycles. The molecule has 8 heteroatoms. The van der Waals surface area contributed by atoms with Crippen LogP contribution < -0.4 is 15.5 Å². The average Bonchev–Trinajstić information content (AvgIpc) is 3.04. The molecular weight excluding hydrogens is 344 g/mol. The lowest BCUT2D eigenvalue weighted by atomic mass is 10.0. The molecule has 3 aromatic rings. The van der Waals surface area contributed by atoms with Crippen molar-refractivity contribution < 1.29 is 9.90 Å². The first kappa shape index (κ1) is 17.3. The largest absolute Gasteiger partial charge is 0.396 e. The number of aliphatic hydroxyl groups is 1. The van der Waals surface area contributed by atoms with E-state index in [1.165, 1.54) is 0 Å². The Balaban J connectivity index is 1.41. The first-order chi connectivity index (χ1) is 13.1. The van der Waals surface area contributed by atoms with E-state index in [-0.39, 0.29) is 18.7 Å². The monoisotopic (exact) mass is 366 g/mol. The smallest absolute Gasteiger partial charge is 0.320 e. The molecule has 0 saturated carbocycles. The van der Waals surface area contributed by atoms with Gasteiger partial charge in [0.1, 0.15) is 5.82 Å².